The molecule has 2 aliphatic carbocycles. The molecule has 1 heteroatoms. The van der Waals surface area contributed by atoms with Crippen molar-refractivity contribution in [3.05, 3.63) is 196 Å². The van der Waals surface area contributed by atoms with E-state index < -0.39 is 0 Å². The number of hydrogen-bond acceptors (Lipinski definition) is 1. The molecule has 0 radical (unpaired) electrons. The van der Waals surface area contributed by atoms with Gasteiger partial charge in [-0.1, -0.05) is 161 Å². The zero-order chi connectivity index (χ0) is 33.3. The van der Waals surface area contributed by atoms with Gasteiger partial charge in [0.1, 0.15) is 0 Å². The third-order valence-electron chi connectivity index (χ3n) is 11.7. The van der Waals surface area contributed by atoms with Crippen LogP contribution in [0.1, 0.15) is 96.9 Å². The van der Waals surface area contributed by atoms with Crippen molar-refractivity contribution in [3.8, 4) is 0 Å². The van der Waals surface area contributed by atoms with Gasteiger partial charge >= 0.3 is 0 Å². The van der Waals surface area contributed by atoms with Crippen LogP contribution < -0.4 is 4.90 Å². The first-order valence-corrected chi connectivity index (χ1v) is 17.9. The summed E-state index contributed by atoms with van der Waals surface area (Å²) >= 11 is 0. The second-order valence-corrected chi connectivity index (χ2v) is 15.3. The highest BCUT2D eigenvalue weighted by Gasteiger charge is 2.46. The lowest BCUT2D eigenvalue weighted by Crippen LogP contribution is -2.38. The van der Waals surface area contributed by atoms with Gasteiger partial charge in [-0.3, -0.25) is 0 Å². The lowest BCUT2D eigenvalue weighted by atomic mass is 9.65. The summed E-state index contributed by atoms with van der Waals surface area (Å²) in [6, 6.07) is 43.0. The zero-order valence-electron chi connectivity index (χ0n) is 28.9. The molecule has 1 nitrogen and oxygen atoms in total. The van der Waals surface area contributed by atoms with E-state index in [1.165, 1.54) is 72.7 Å². The molecule has 0 bridgehead atoms. The summed E-state index contributed by atoms with van der Waals surface area (Å²) in [7, 11) is 0. The Hall–Kier alpha value is -5.14. The van der Waals surface area contributed by atoms with Gasteiger partial charge in [0.25, 0.3) is 0 Å². The molecule has 0 aromatic heterocycles. The Morgan fingerprint density at radius 1 is 0.490 bits per heavy atom. The van der Waals surface area contributed by atoms with Crippen LogP contribution in [-0.2, 0) is 10.8 Å². The first-order chi connectivity index (χ1) is 23.8. The van der Waals surface area contributed by atoms with Crippen molar-refractivity contribution in [1.82, 2.24) is 0 Å². The van der Waals surface area contributed by atoms with E-state index in [4.69, 9.17) is 0 Å². The van der Waals surface area contributed by atoms with Crippen LogP contribution in [0.5, 0.6) is 0 Å². The zero-order valence-corrected chi connectivity index (χ0v) is 28.9. The Morgan fingerprint density at radius 2 is 1.04 bits per heavy atom. The van der Waals surface area contributed by atoms with E-state index in [-0.39, 0.29) is 10.8 Å². The molecule has 0 N–H and O–H groups in total. The second kappa shape index (κ2) is 11.2. The van der Waals surface area contributed by atoms with Gasteiger partial charge in [-0.05, 0) is 86.7 Å². The standard InChI is InChI=1S/C48H43N/c1-47(2)40-17-11-12-18-44(40)49-45-28-27-38(36-23-19-34(20-24-36)32-13-7-5-8-14-32)29-41(45)48(3,4)43-31-39(30-42(47)46(43)49)37-25-21-35(22-26-37)33-15-9-6-10-16-33/h5-19,21-25,27-31,34,37H,20,26H2,1-4H3. The van der Waals surface area contributed by atoms with Gasteiger partial charge in [-0.2, -0.15) is 0 Å². The summed E-state index contributed by atoms with van der Waals surface area (Å²) in [4.78, 5) is 2.58. The van der Waals surface area contributed by atoms with Crippen molar-refractivity contribution >= 4 is 28.2 Å². The molecule has 2 aliphatic heterocycles. The summed E-state index contributed by atoms with van der Waals surface area (Å²) in [5.41, 5.74) is 17.3. The van der Waals surface area contributed by atoms with Crippen molar-refractivity contribution in [2.45, 2.75) is 63.2 Å². The van der Waals surface area contributed by atoms with Crippen LogP contribution in [0.2, 0.25) is 0 Å². The maximum absolute atomic E-state index is 2.58. The highest BCUT2D eigenvalue weighted by Crippen LogP contribution is 2.61. The molecular formula is C48H43N. The van der Waals surface area contributed by atoms with Crippen molar-refractivity contribution in [1.29, 1.82) is 0 Å². The molecule has 2 atom stereocenters. The van der Waals surface area contributed by atoms with Crippen LogP contribution >= 0.6 is 0 Å². The van der Waals surface area contributed by atoms with E-state index in [1.807, 2.05) is 0 Å². The fraction of sp³-hybridized carbons (Fsp3) is 0.208. The third kappa shape index (κ3) is 4.74. The third-order valence-corrected chi connectivity index (χ3v) is 11.7. The summed E-state index contributed by atoms with van der Waals surface area (Å²) in [5, 5.41) is 0. The first kappa shape index (κ1) is 30.0. The molecule has 5 aromatic rings. The minimum absolute atomic E-state index is 0.128. The molecule has 49 heavy (non-hydrogen) atoms. The van der Waals surface area contributed by atoms with Crippen LogP contribution in [0.25, 0.3) is 11.1 Å². The molecule has 0 saturated carbocycles. The summed E-state index contributed by atoms with van der Waals surface area (Å²) in [6.07, 6.45) is 16.4. The van der Waals surface area contributed by atoms with E-state index in [2.05, 4.69) is 184 Å². The minimum atomic E-state index is -0.181. The minimum Gasteiger partial charge on any atom is -0.309 e. The largest absolute Gasteiger partial charge is 0.309 e. The molecule has 0 saturated heterocycles. The first-order valence-electron chi connectivity index (χ1n) is 17.9. The van der Waals surface area contributed by atoms with Crippen LogP contribution in [0.15, 0.2) is 152 Å². The molecule has 0 spiro atoms. The number of rotatable bonds is 4. The van der Waals surface area contributed by atoms with Gasteiger partial charge in [-0.15, -0.1) is 0 Å². The Kier molecular flexibility index (Phi) is 6.85. The quantitative estimate of drug-likeness (QED) is 0.190. The lowest BCUT2D eigenvalue weighted by Gasteiger charge is -2.50. The predicted octanol–water partition coefficient (Wildman–Crippen LogP) is 12.7. The van der Waals surface area contributed by atoms with E-state index in [1.54, 1.807) is 0 Å². The molecule has 0 fully saturated rings. The number of nitrogens with zero attached hydrogens (tertiary/aromatic N) is 1. The number of anilines is 3. The fourth-order valence-electron chi connectivity index (χ4n) is 8.83. The SMILES string of the molecule is CC1(C)c2ccccc2N2c3ccc(C4=CCC(c5ccccc5)C=C4)cc3C(C)(C)c3cc(C4C=CC(c5ccccc5)=CC4)cc1c32. The molecule has 5 aromatic carbocycles. The molecule has 240 valence electrons. The maximum Gasteiger partial charge on any atom is 0.0543 e. The number of fused-ring (bicyclic) bond motifs is 4. The van der Waals surface area contributed by atoms with Crippen molar-refractivity contribution in [2.75, 3.05) is 4.90 Å². The molecule has 9 rings (SSSR count). The smallest absolute Gasteiger partial charge is 0.0543 e. The molecule has 2 unspecified atom stereocenters. The Bertz CT molecular complexity index is 2220. The van der Waals surface area contributed by atoms with E-state index in [0.29, 0.717) is 11.8 Å². The van der Waals surface area contributed by atoms with Gasteiger partial charge < -0.3 is 4.90 Å². The average Bonchev–Trinajstić information content (AvgIpc) is 3.15. The summed E-state index contributed by atoms with van der Waals surface area (Å²) in [5.74, 6) is 0.775. The number of hydrogen-bond donors (Lipinski definition) is 0. The predicted molar refractivity (Wildman–Crippen MR) is 207 cm³/mol. The van der Waals surface area contributed by atoms with E-state index in [0.717, 1.165) is 12.8 Å². The molecule has 0 amide bonds. The van der Waals surface area contributed by atoms with Gasteiger partial charge in [0.15, 0.2) is 0 Å². The van der Waals surface area contributed by atoms with E-state index >= 15 is 0 Å². The van der Waals surface area contributed by atoms with E-state index in [9.17, 15) is 0 Å². The van der Waals surface area contributed by atoms with Crippen molar-refractivity contribution < 1.29 is 0 Å². The van der Waals surface area contributed by atoms with Gasteiger partial charge in [0, 0.05) is 22.7 Å². The Labute approximate surface area is 291 Å². The lowest BCUT2D eigenvalue weighted by molar-refractivity contribution is 0.594. The highest BCUT2D eigenvalue weighted by atomic mass is 15.2. The Morgan fingerprint density at radius 3 is 1.69 bits per heavy atom. The van der Waals surface area contributed by atoms with Crippen LogP contribution in [0.4, 0.5) is 17.1 Å². The Balaban J connectivity index is 1.15. The summed E-state index contributed by atoms with van der Waals surface area (Å²) < 4.78 is 0. The van der Waals surface area contributed by atoms with Gasteiger partial charge in [0.05, 0.1) is 17.1 Å². The number of para-hydroxylation sites is 1. The maximum atomic E-state index is 2.58. The van der Waals surface area contributed by atoms with Crippen molar-refractivity contribution in [3.63, 3.8) is 0 Å². The molecule has 4 aliphatic rings. The van der Waals surface area contributed by atoms with Crippen molar-refractivity contribution in [2.24, 2.45) is 0 Å². The topological polar surface area (TPSA) is 3.24 Å². The fourth-order valence-corrected chi connectivity index (χ4v) is 8.83. The molecular weight excluding hydrogens is 591 g/mol. The molecule has 2 heterocycles. The second-order valence-electron chi connectivity index (χ2n) is 15.3. The summed E-state index contributed by atoms with van der Waals surface area (Å²) in [6.45, 7) is 9.73. The van der Waals surface area contributed by atoms with Gasteiger partial charge in [0.2, 0.25) is 0 Å². The highest BCUT2D eigenvalue weighted by molar-refractivity contribution is 5.94. The van der Waals surface area contributed by atoms with Gasteiger partial charge in [-0.25, -0.2) is 0 Å². The van der Waals surface area contributed by atoms with Crippen LogP contribution in [-0.4, -0.2) is 0 Å². The monoisotopic (exact) mass is 633 g/mol. The number of allylic oxidation sites excluding steroid dienone is 8. The van der Waals surface area contributed by atoms with Crippen LogP contribution in [0, 0.1) is 0 Å². The number of benzene rings is 5. The average molecular weight is 634 g/mol. The van der Waals surface area contributed by atoms with Crippen LogP contribution in [0.3, 0.4) is 0 Å². The normalized spacial score (nSPS) is 20.9.